The largest absolute Gasteiger partial charge is 0.352 e. The van der Waals surface area contributed by atoms with Gasteiger partial charge in [0.05, 0.1) is 0 Å². The molecule has 3 aromatic carbocycles. The molecule has 4 rings (SSSR count). The van der Waals surface area contributed by atoms with Crippen molar-refractivity contribution in [3.05, 3.63) is 107 Å². The Morgan fingerprint density at radius 2 is 1.35 bits per heavy atom. The Balaban J connectivity index is 1.67. The van der Waals surface area contributed by atoms with E-state index in [0.717, 1.165) is 18.4 Å². The number of hydrogen-bond acceptors (Lipinski definition) is 2. The van der Waals surface area contributed by atoms with Crippen LogP contribution in [0.25, 0.3) is 0 Å². The fourth-order valence-electron chi connectivity index (χ4n) is 4.50. The minimum absolute atomic E-state index is 0.114. The molecule has 160 valence electrons. The van der Waals surface area contributed by atoms with Crippen LogP contribution in [0.4, 0.5) is 0 Å². The van der Waals surface area contributed by atoms with E-state index in [-0.39, 0.29) is 11.9 Å². The Morgan fingerprint density at radius 3 is 1.87 bits per heavy atom. The molecule has 3 aromatic rings. The molecular weight excluding hydrogens is 380 g/mol. The quantitative estimate of drug-likeness (QED) is 0.507. The van der Waals surface area contributed by atoms with Gasteiger partial charge < -0.3 is 5.32 Å². The van der Waals surface area contributed by atoms with Gasteiger partial charge in [-0.25, -0.2) is 0 Å². The van der Waals surface area contributed by atoms with Crippen molar-refractivity contribution >= 4 is 5.91 Å². The second kappa shape index (κ2) is 10.4. The highest BCUT2D eigenvalue weighted by Gasteiger charge is 2.30. The van der Waals surface area contributed by atoms with Gasteiger partial charge in [0.15, 0.2) is 0 Å². The van der Waals surface area contributed by atoms with Gasteiger partial charge in [0.2, 0.25) is 5.91 Å². The zero-order valence-corrected chi connectivity index (χ0v) is 18.3. The van der Waals surface area contributed by atoms with E-state index in [4.69, 9.17) is 0 Å². The van der Waals surface area contributed by atoms with Crippen molar-refractivity contribution in [1.29, 1.82) is 0 Å². The number of aryl methyl sites for hydroxylation is 1. The predicted molar refractivity (Wildman–Crippen MR) is 126 cm³/mol. The molecule has 3 nitrogen and oxygen atoms in total. The summed E-state index contributed by atoms with van der Waals surface area (Å²) in [5, 5.41) is 3.36. The minimum Gasteiger partial charge on any atom is -0.352 e. The van der Waals surface area contributed by atoms with Gasteiger partial charge in [-0.05, 0) is 36.5 Å². The fraction of sp³-hybridized carbons (Fsp3) is 0.321. The minimum atomic E-state index is -0.332. The predicted octanol–water partition coefficient (Wildman–Crippen LogP) is 5.80. The number of amides is 1. The molecule has 1 aliphatic carbocycles. The number of hydrogen-bond donors (Lipinski definition) is 1. The maximum atomic E-state index is 13.7. The lowest BCUT2D eigenvalue weighted by Crippen LogP contribution is -2.43. The molecule has 1 aliphatic rings. The zero-order valence-electron chi connectivity index (χ0n) is 18.3. The van der Waals surface area contributed by atoms with Crippen LogP contribution in [0.5, 0.6) is 0 Å². The van der Waals surface area contributed by atoms with Crippen LogP contribution >= 0.6 is 0 Å². The maximum absolute atomic E-state index is 13.7. The molecule has 1 N–H and O–H groups in total. The lowest BCUT2D eigenvalue weighted by atomic mass is 10.00. The lowest BCUT2D eigenvalue weighted by molar-refractivity contribution is -0.128. The molecule has 0 saturated heterocycles. The van der Waals surface area contributed by atoms with Crippen LogP contribution in [0, 0.1) is 6.92 Å². The summed E-state index contributed by atoms with van der Waals surface area (Å²) in [4.78, 5) is 16.0. The van der Waals surface area contributed by atoms with Crippen LogP contribution in [0.2, 0.25) is 0 Å². The summed E-state index contributed by atoms with van der Waals surface area (Å²) in [5.74, 6) is 0.114. The lowest BCUT2D eigenvalue weighted by Gasteiger charge is -2.32. The molecule has 0 aromatic heterocycles. The Labute approximate surface area is 186 Å². The van der Waals surface area contributed by atoms with E-state index < -0.39 is 0 Å². The van der Waals surface area contributed by atoms with Gasteiger partial charge >= 0.3 is 0 Å². The van der Waals surface area contributed by atoms with Crippen molar-refractivity contribution in [1.82, 2.24) is 10.2 Å². The molecule has 0 unspecified atom stereocenters. The van der Waals surface area contributed by atoms with Crippen molar-refractivity contribution in [3.63, 3.8) is 0 Å². The Bertz CT molecular complexity index is 906. The van der Waals surface area contributed by atoms with Gasteiger partial charge in [-0.1, -0.05) is 103 Å². The molecule has 0 aliphatic heterocycles. The first-order chi connectivity index (χ1) is 15.2. The Morgan fingerprint density at radius 1 is 0.839 bits per heavy atom. The highest BCUT2D eigenvalue weighted by molar-refractivity contribution is 5.83. The summed E-state index contributed by atoms with van der Waals surface area (Å²) in [6, 6.07) is 29.3. The summed E-state index contributed by atoms with van der Waals surface area (Å²) < 4.78 is 0. The van der Waals surface area contributed by atoms with Crippen LogP contribution in [0.1, 0.15) is 54.0 Å². The SMILES string of the molecule is Cc1ccc([C@H](C(=O)NC2CCCC2)N(Cc2ccccc2)Cc2ccccc2)cc1. The van der Waals surface area contributed by atoms with Crippen LogP contribution in [-0.4, -0.2) is 16.8 Å². The third kappa shape index (κ3) is 5.83. The van der Waals surface area contributed by atoms with Gasteiger partial charge in [0.25, 0.3) is 0 Å². The maximum Gasteiger partial charge on any atom is 0.242 e. The van der Waals surface area contributed by atoms with E-state index in [2.05, 4.69) is 89.9 Å². The molecule has 0 spiro atoms. The first-order valence-electron chi connectivity index (χ1n) is 11.4. The molecular formula is C28H32N2O. The van der Waals surface area contributed by atoms with Gasteiger partial charge in [0, 0.05) is 19.1 Å². The van der Waals surface area contributed by atoms with Crippen molar-refractivity contribution in [2.45, 2.75) is 57.8 Å². The molecule has 31 heavy (non-hydrogen) atoms. The fourth-order valence-corrected chi connectivity index (χ4v) is 4.50. The number of rotatable bonds is 8. The molecule has 1 amide bonds. The zero-order chi connectivity index (χ0) is 21.5. The highest BCUT2D eigenvalue weighted by atomic mass is 16.2. The first kappa shape index (κ1) is 21.3. The van der Waals surface area contributed by atoms with Crippen LogP contribution in [0.3, 0.4) is 0 Å². The molecule has 0 heterocycles. The first-order valence-corrected chi connectivity index (χ1v) is 11.4. The third-order valence-electron chi connectivity index (χ3n) is 6.17. The second-order valence-electron chi connectivity index (χ2n) is 8.68. The van der Waals surface area contributed by atoms with E-state index >= 15 is 0 Å². The monoisotopic (exact) mass is 412 g/mol. The highest BCUT2D eigenvalue weighted by Crippen LogP contribution is 2.27. The summed E-state index contributed by atoms with van der Waals surface area (Å²) in [6.07, 6.45) is 4.59. The molecule has 0 radical (unpaired) electrons. The number of carbonyl (C=O) groups excluding carboxylic acids is 1. The topological polar surface area (TPSA) is 32.3 Å². The number of benzene rings is 3. The van der Waals surface area contributed by atoms with Crippen LogP contribution < -0.4 is 5.32 Å². The summed E-state index contributed by atoms with van der Waals surface area (Å²) >= 11 is 0. The van der Waals surface area contributed by atoms with Crippen LogP contribution in [0.15, 0.2) is 84.9 Å². The van der Waals surface area contributed by atoms with Crippen LogP contribution in [-0.2, 0) is 17.9 Å². The standard InChI is InChI=1S/C28H32N2O/c1-22-16-18-25(19-17-22)27(28(31)29-26-14-8-9-15-26)30(20-23-10-4-2-5-11-23)21-24-12-6-3-7-13-24/h2-7,10-13,16-19,26-27H,8-9,14-15,20-21H2,1H3,(H,29,31)/t27-/m1/s1. The molecule has 1 fully saturated rings. The van der Waals surface area contributed by atoms with Crippen molar-refractivity contribution in [2.24, 2.45) is 0 Å². The average Bonchev–Trinajstić information content (AvgIpc) is 3.30. The van der Waals surface area contributed by atoms with Crippen molar-refractivity contribution in [3.8, 4) is 0 Å². The van der Waals surface area contributed by atoms with Gasteiger partial charge in [0.1, 0.15) is 6.04 Å². The summed E-state index contributed by atoms with van der Waals surface area (Å²) in [5.41, 5.74) is 4.68. The number of nitrogens with one attached hydrogen (secondary N) is 1. The Kier molecular flexibility index (Phi) is 7.16. The molecule has 1 atom stereocenters. The van der Waals surface area contributed by atoms with Gasteiger partial charge in [-0.2, -0.15) is 0 Å². The molecule has 3 heteroatoms. The second-order valence-corrected chi connectivity index (χ2v) is 8.68. The van der Waals surface area contributed by atoms with Gasteiger partial charge in [-0.3, -0.25) is 9.69 Å². The molecule has 1 saturated carbocycles. The number of nitrogens with zero attached hydrogens (tertiary/aromatic N) is 1. The normalized spacial score (nSPS) is 15.2. The van der Waals surface area contributed by atoms with E-state index in [1.54, 1.807) is 0 Å². The van der Waals surface area contributed by atoms with E-state index in [1.165, 1.54) is 29.5 Å². The Hall–Kier alpha value is -2.91. The smallest absolute Gasteiger partial charge is 0.242 e. The van der Waals surface area contributed by atoms with E-state index in [0.29, 0.717) is 19.1 Å². The van der Waals surface area contributed by atoms with Crippen molar-refractivity contribution in [2.75, 3.05) is 0 Å². The van der Waals surface area contributed by atoms with E-state index in [9.17, 15) is 4.79 Å². The van der Waals surface area contributed by atoms with Crippen molar-refractivity contribution < 1.29 is 4.79 Å². The number of carbonyl (C=O) groups is 1. The van der Waals surface area contributed by atoms with Gasteiger partial charge in [-0.15, -0.1) is 0 Å². The molecule has 0 bridgehead atoms. The summed E-state index contributed by atoms with van der Waals surface area (Å²) in [7, 11) is 0. The summed E-state index contributed by atoms with van der Waals surface area (Å²) in [6.45, 7) is 3.52. The third-order valence-corrected chi connectivity index (χ3v) is 6.17. The van der Waals surface area contributed by atoms with E-state index in [1.807, 2.05) is 12.1 Å². The average molecular weight is 413 g/mol.